The maximum atomic E-state index is 12.8. The molecule has 1 aliphatic rings. The van der Waals surface area contributed by atoms with Gasteiger partial charge in [-0.3, -0.25) is 13.9 Å². The molecule has 154 valence electrons. The van der Waals surface area contributed by atoms with Gasteiger partial charge in [-0.15, -0.1) is 0 Å². The van der Waals surface area contributed by atoms with Crippen LogP contribution in [-0.2, 0) is 10.0 Å². The van der Waals surface area contributed by atoms with E-state index in [9.17, 15) is 18.0 Å². The standard InChI is InChI=1S/C21H25N3O4S/c1-15(2)14-22-21(26)18-9-3-4-10-19(18)23-20(25)16-7-5-8-17(13-16)24-11-6-12-29(24,27)28/h3-5,7-10,13,15H,6,11-12,14H2,1-2H3,(H,22,26)(H,23,25). The van der Waals surface area contributed by atoms with Crippen LogP contribution in [0.1, 0.15) is 41.0 Å². The smallest absolute Gasteiger partial charge is 0.255 e. The summed E-state index contributed by atoms with van der Waals surface area (Å²) >= 11 is 0. The molecule has 29 heavy (non-hydrogen) atoms. The van der Waals surface area contributed by atoms with Gasteiger partial charge in [0.2, 0.25) is 10.0 Å². The first-order valence-electron chi connectivity index (χ1n) is 9.57. The number of carbonyl (C=O) groups is 2. The maximum absolute atomic E-state index is 12.8. The zero-order chi connectivity index (χ0) is 21.0. The number of sulfonamides is 1. The Kier molecular flexibility index (Phi) is 6.22. The number of hydrogen-bond acceptors (Lipinski definition) is 4. The van der Waals surface area contributed by atoms with Crippen LogP contribution in [0, 0.1) is 5.92 Å². The molecule has 0 aromatic heterocycles. The summed E-state index contributed by atoms with van der Waals surface area (Å²) in [5, 5.41) is 5.61. The van der Waals surface area contributed by atoms with Crippen molar-refractivity contribution in [2.45, 2.75) is 20.3 Å². The van der Waals surface area contributed by atoms with Crippen LogP contribution >= 0.6 is 0 Å². The van der Waals surface area contributed by atoms with E-state index < -0.39 is 15.9 Å². The van der Waals surface area contributed by atoms with Crippen LogP contribution in [0.4, 0.5) is 11.4 Å². The molecule has 0 atom stereocenters. The third kappa shape index (κ3) is 4.95. The second-order valence-electron chi connectivity index (χ2n) is 7.40. The topological polar surface area (TPSA) is 95.6 Å². The van der Waals surface area contributed by atoms with Gasteiger partial charge < -0.3 is 10.6 Å². The zero-order valence-corrected chi connectivity index (χ0v) is 17.3. The summed E-state index contributed by atoms with van der Waals surface area (Å²) in [6, 6.07) is 13.3. The number of amides is 2. The van der Waals surface area contributed by atoms with Crippen LogP contribution in [0.5, 0.6) is 0 Å². The first-order chi connectivity index (χ1) is 13.8. The lowest BCUT2D eigenvalue weighted by Gasteiger charge is -2.18. The molecule has 0 unspecified atom stereocenters. The van der Waals surface area contributed by atoms with Crippen molar-refractivity contribution in [1.29, 1.82) is 0 Å². The fourth-order valence-corrected chi connectivity index (χ4v) is 4.66. The van der Waals surface area contributed by atoms with Crippen LogP contribution in [0.3, 0.4) is 0 Å². The van der Waals surface area contributed by atoms with Crippen molar-refractivity contribution in [3.63, 3.8) is 0 Å². The Balaban J connectivity index is 1.80. The summed E-state index contributed by atoms with van der Waals surface area (Å²) in [5.41, 5.74) is 1.57. The Morgan fingerprint density at radius 1 is 1.07 bits per heavy atom. The summed E-state index contributed by atoms with van der Waals surface area (Å²) in [6.45, 7) is 4.95. The molecule has 8 heteroatoms. The quantitative estimate of drug-likeness (QED) is 0.758. The molecule has 3 rings (SSSR count). The van der Waals surface area contributed by atoms with Gasteiger partial charge in [0.15, 0.2) is 0 Å². The van der Waals surface area contributed by atoms with Crippen LogP contribution < -0.4 is 14.9 Å². The van der Waals surface area contributed by atoms with Crippen LogP contribution in [0.25, 0.3) is 0 Å². The molecule has 1 heterocycles. The molecule has 2 N–H and O–H groups in total. The molecule has 1 aliphatic heterocycles. The fraction of sp³-hybridized carbons (Fsp3) is 0.333. The van der Waals surface area contributed by atoms with Gasteiger partial charge in [0, 0.05) is 18.7 Å². The van der Waals surface area contributed by atoms with Crippen molar-refractivity contribution < 1.29 is 18.0 Å². The largest absolute Gasteiger partial charge is 0.352 e. The molecule has 7 nitrogen and oxygen atoms in total. The number of anilines is 2. The highest BCUT2D eigenvalue weighted by Crippen LogP contribution is 2.25. The normalized spacial score (nSPS) is 15.3. The van der Waals surface area contributed by atoms with Gasteiger partial charge in [0.05, 0.1) is 22.7 Å². The molecule has 0 spiro atoms. The van der Waals surface area contributed by atoms with Crippen molar-refractivity contribution in [3.05, 3.63) is 59.7 Å². The lowest BCUT2D eigenvalue weighted by molar-refractivity contribution is 0.0950. The maximum Gasteiger partial charge on any atom is 0.255 e. The minimum absolute atomic E-state index is 0.113. The highest BCUT2D eigenvalue weighted by atomic mass is 32.2. The van der Waals surface area contributed by atoms with Crippen molar-refractivity contribution in [2.75, 3.05) is 28.5 Å². The predicted octanol–water partition coefficient (Wildman–Crippen LogP) is 2.86. The van der Waals surface area contributed by atoms with Gasteiger partial charge in [0.1, 0.15) is 0 Å². The Morgan fingerprint density at radius 3 is 2.52 bits per heavy atom. The van der Waals surface area contributed by atoms with E-state index in [1.807, 2.05) is 13.8 Å². The molecule has 2 aromatic rings. The van der Waals surface area contributed by atoms with Crippen LogP contribution in [0.15, 0.2) is 48.5 Å². The number of para-hydroxylation sites is 1. The Morgan fingerprint density at radius 2 is 1.83 bits per heavy atom. The van der Waals surface area contributed by atoms with Gasteiger partial charge in [-0.25, -0.2) is 8.42 Å². The van der Waals surface area contributed by atoms with E-state index in [0.29, 0.717) is 47.9 Å². The molecule has 0 saturated carbocycles. The van der Waals surface area contributed by atoms with Crippen LogP contribution in [0.2, 0.25) is 0 Å². The highest BCUT2D eigenvalue weighted by molar-refractivity contribution is 7.93. The molecular weight excluding hydrogens is 390 g/mol. The first-order valence-corrected chi connectivity index (χ1v) is 11.2. The van der Waals surface area contributed by atoms with Gasteiger partial charge >= 0.3 is 0 Å². The molecule has 1 saturated heterocycles. The van der Waals surface area contributed by atoms with Crippen LogP contribution in [-0.4, -0.2) is 39.1 Å². The second kappa shape index (κ2) is 8.65. The second-order valence-corrected chi connectivity index (χ2v) is 9.41. The van der Waals surface area contributed by atoms with E-state index in [1.54, 1.807) is 48.5 Å². The Labute approximate surface area is 171 Å². The lowest BCUT2D eigenvalue weighted by Crippen LogP contribution is -2.28. The van der Waals surface area contributed by atoms with Gasteiger partial charge in [-0.1, -0.05) is 32.0 Å². The molecular formula is C21H25N3O4S. The number of nitrogens with zero attached hydrogens (tertiary/aromatic N) is 1. The monoisotopic (exact) mass is 415 g/mol. The van der Waals surface area contributed by atoms with Gasteiger partial charge in [0.25, 0.3) is 11.8 Å². The van der Waals surface area contributed by atoms with Gasteiger partial charge in [-0.2, -0.15) is 0 Å². The number of rotatable bonds is 6. The lowest BCUT2D eigenvalue weighted by atomic mass is 10.1. The summed E-state index contributed by atoms with van der Waals surface area (Å²) in [4.78, 5) is 25.2. The number of nitrogens with one attached hydrogen (secondary N) is 2. The summed E-state index contributed by atoms with van der Waals surface area (Å²) in [5.74, 6) is -0.244. The Hall–Kier alpha value is -2.87. The summed E-state index contributed by atoms with van der Waals surface area (Å²) in [7, 11) is -3.32. The van der Waals surface area contributed by atoms with E-state index in [-0.39, 0.29) is 11.7 Å². The third-order valence-electron chi connectivity index (χ3n) is 4.59. The molecule has 2 aromatic carbocycles. The van der Waals surface area contributed by atoms with Gasteiger partial charge in [-0.05, 0) is 42.7 Å². The SMILES string of the molecule is CC(C)CNC(=O)c1ccccc1NC(=O)c1cccc(N2CCCS2(=O)=O)c1. The minimum atomic E-state index is -3.32. The predicted molar refractivity (Wildman–Crippen MR) is 114 cm³/mol. The van der Waals surface area contributed by atoms with E-state index in [2.05, 4.69) is 10.6 Å². The molecule has 0 bridgehead atoms. The molecule has 0 aliphatic carbocycles. The number of benzene rings is 2. The van der Waals surface area contributed by atoms with Crippen molar-refractivity contribution in [2.24, 2.45) is 5.92 Å². The van der Waals surface area contributed by atoms with E-state index >= 15 is 0 Å². The van der Waals surface area contributed by atoms with E-state index in [4.69, 9.17) is 0 Å². The average molecular weight is 416 g/mol. The van der Waals surface area contributed by atoms with Crippen molar-refractivity contribution >= 4 is 33.2 Å². The van der Waals surface area contributed by atoms with Crippen molar-refractivity contribution in [1.82, 2.24) is 5.32 Å². The summed E-state index contributed by atoms with van der Waals surface area (Å²) < 4.78 is 25.6. The molecule has 0 radical (unpaired) electrons. The first kappa shape index (κ1) is 20.9. The zero-order valence-electron chi connectivity index (χ0n) is 16.5. The fourth-order valence-electron chi connectivity index (χ4n) is 3.11. The Bertz CT molecular complexity index is 1020. The third-order valence-corrected chi connectivity index (χ3v) is 6.46. The van der Waals surface area contributed by atoms with Crippen molar-refractivity contribution in [3.8, 4) is 0 Å². The minimum Gasteiger partial charge on any atom is -0.352 e. The molecule has 1 fully saturated rings. The number of carbonyl (C=O) groups excluding carboxylic acids is 2. The van der Waals surface area contributed by atoms with E-state index in [0.717, 1.165) is 0 Å². The van der Waals surface area contributed by atoms with E-state index in [1.165, 1.54) is 4.31 Å². The number of hydrogen-bond donors (Lipinski definition) is 2. The molecule has 2 amide bonds. The summed E-state index contributed by atoms with van der Waals surface area (Å²) in [6.07, 6.45) is 0.567. The average Bonchev–Trinajstić information content (AvgIpc) is 3.05. The highest BCUT2D eigenvalue weighted by Gasteiger charge is 2.28.